The average Bonchev–Trinajstić information content (AvgIpc) is 2.14. The van der Waals surface area contributed by atoms with Gasteiger partial charge >= 0.3 is 7.27 Å². The van der Waals surface area contributed by atoms with Crippen LogP contribution in [0.15, 0.2) is 9.98 Å². The van der Waals surface area contributed by atoms with Gasteiger partial charge in [0.25, 0.3) is 0 Å². The highest BCUT2D eigenvalue weighted by atomic mass is 79.9. The summed E-state index contributed by atoms with van der Waals surface area (Å²) in [4.78, 5) is 3.36. The van der Waals surface area contributed by atoms with Crippen molar-refractivity contribution in [2.45, 2.75) is 0 Å². The van der Waals surface area contributed by atoms with Gasteiger partial charge in [0.2, 0.25) is 0 Å². The molecule has 1 aromatic heterocycles. The summed E-state index contributed by atoms with van der Waals surface area (Å²) >= 11 is 3.92. The molecular weight excluding hydrogens is 211 g/mol. The van der Waals surface area contributed by atoms with E-state index in [1.54, 1.807) is 0 Å². The van der Waals surface area contributed by atoms with Gasteiger partial charge in [-0.25, -0.2) is 4.98 Å². The van der Waals surface area contributed by atoms with E-state index in [1.807, 2.05) is 0 Å². The van der Waals surface area contributed by atoms with Crippen LogP contribution in [0.25, 0.3) is 0 Å². The third-order valence-electron chi connectivity index (χ3n) is 0.681. The molecule has 0 atom stereocenters. The Morgan fingerprint density at radius 3 is 2.56 bits per heavy atom. The van der Waals surface area contributed by atoms with Gasteiger partial charge in [0.1, 0.15) is 9.51 Å². The molecule has 0 unspecified atom stereocenters. The summed E-state index contributed by atoms with van der Waals surface area (Å²) in [5, 5.41) is 1.53. The van der Waals surface area contributed by atoms with Crippen molar-refractivity contribution >= 4 is 39.4 Å². The fourth-order valence-electron chi connectivity index (χ4n) is 0.367. The molecule has 0 spiro atoms. The molecule has 0 aromatic carbocycles. The molecule has 0 aliphatic rings. The maximum absolute atomic E-state index is 11.7. The lowest BCUT2D eigenvalue weighted by Gasteiger charge is -1.80. The lowest BCUT2D eigenvalue weighted by Crippen LogP contribution is -2.18. The molecule has 9 heavy (non-hydrogen) atoms. The molecular formula is C3HBBrF2NS. The first kappa shape index (κ1) is 7.15. The van der Waals surface area contributed by atoms with E-state index in [0.717, 1.165) is 11.3 Å². The number of thiazole rings is 1. The van der Waals surface area contributed by atoms with E-state index < -0.39 is 7.27 Å². The third-order valence-corrected chi connectivity index (χ3v) is 2.24. The summed E-state index contributed by atoms with van der Waals surface area (Å²) in [6.07, 6.45) is 0. The molecule has 0 N–H and O–H groups in total. The van der Waals surface area contributed by atoms with Crippen LogP contribution in [0.2, 0.25) is 0 Å². The molecule has 48 valence electrons. The number of halogens is 3. The average molecular weight is 212 g/mol. The molecule has 0 fully saturated rings. The minimum Gasteiger partial charge on any atom is -0.279 e. The number of nitrogens with zero attached hydrogens (tertiary/aromatic N) is 1. The second kappa shape index (κ2) is 2.75. The highest BCUT2D eigenvalue weighted by Gasteiger charge is 2.19. The van der Waals surface area contributed by atoms with Gasteiger partial charge in [-0.05, 0) is 15.9 Å². The Morgan fingerprint density at radius 2 is 2.33 bits per heavy atom. The number of aromatic nitrogens is 1. The van der Waals surface area contributed by atoms with Crippen LogP contribution < -0.4 is 4.91 Å². The number of hydrogen-bond acceptors (Lipinski definition) is 2. The standard InChI is InChI=1S/C3HBBrF2NS/c5-2-1-9-3(8-2)4(6)7/h1H. The molecule has 0 bridgehead atoms. The lowest BCUT2D eigenvalue weighted by atomic mass is 10.0. The summed E-state index contributed by atoms with van der Waals surface area (Å²) in [6, 6.07) is 0. The fourth-order valence-corrected chi connectivity index (χ4v) is 1.48. The molecule has 1 nitrogen and oxygen atoms in total. The van der Waals surface area contributed by atoms with Gasteiger partial charge in [-0.1, -0.05) is 0 Å². The molecule has 1 heterocycles. The van der Waals surface area contributed by atoms with Crippen LogP contribution in [-0.2, 0) is 0 Å². The van der Waals surface area contributed by atoms with Crippen LogP contribution in [0, 0.1) is 0 Å². The Morgan fingerprint density at radius 1 is 1.67 bits per heavy atom. The third kappa shape index (κ3) is 1.72. The van der Waals surface area contributed by atoms with Crippen molar-refractivity contribution in [3.05, 3.63) is 9.98 Å². The van der Waals surface area contributed by atoms with Crippen LogP contribution in [0.1, 0.15) is 0 Å². The zero-order chi connectivity index (χ0) is 6.85. The van der Waals surface area contributed by atoms with E-state index in [-0.39, 0.29) is 4.91 Å². The lowest BCUT2D eigenvalue weighted by molar-refractivity contribution is 0.684. The Balaban J connectivity index is 2.85. The van der Waals surface area contributed by atoms with Gasteiger partial charge in [0.15, 0.2) is 0 Å². The zero-order valence-electron chi connectivity index (χ0n) is 4.14. The number of rotatable bonds is 1. The van der Waals surface area contributed by atoms with Gasteiger partial charge < -0.3 is 0 Å². The van der Waals surface area contributed by atoms with Gasteiger partial charge in [-0.3, -0.25) is 8.63 Å². The van der Waals surface area contributed by atoms with E-state index >= 15 is 0 Å². The van der Waals surface area contributed by atoms with Crippen LogP contribution in [0.5, 0.6) is 0 Å². The Labute approximate surface area is 63.4 Å². The zero-order valence-corrected chi connectivity index (χ0v) is 6.55. The van der Waals surface area contributed by atoms with Crippen LogP contribution in [0.4, 0.5) is 8.63 Å². The van der Waals surface area contributed by atoms with E-state index in [0.29, 0.717) is 4.60 Å². The largest absolute Gasteiger partial charge is 0.601 e. The molecule has 1 aromatic rings. The first-order valence-electron chi connectivity index (χ1n) is 2.09. The van der Waals surface area contributed by atoms with Crippen molar-refractivity contribution in [2.24, 2.45) is 0 Å². The highest BCUT2D eigenvalue weighted by molar-refractivity contribution is 9.10. The summed E-state index contributed by atoms with van der Waals surface area (Å²) in [7, 11) is -2.44. The van der Waals surface area contributed by atoms with E-state index in [1.165, 1.54) is 5.38 Å². The molecule has 0 radical (unpaired) electrons. The van der Waals surface area contributed by atoms with Crippen molar-refractivity contribution in [2.75, 3.05) is 0 Å². The summed E-state index contributed by atoms with van der Waals surface area (Å²) in [5.41, 5.74) is 0. The Kier molecular flexibility index (Phi) is 2.18. The SMILES string of the molecule is FB(F)c1nc(Br)cs1. The van der Waals surface area contributed by atoms with Gasteiger partial charge in [-0.2, -0.15) is 0 Å². The predicted octanol–water partition coefficient (Wildman–Crippen LogP) is 1.54. The highest BCUT2D eigenvalue weighted by Crippen LogP contribution is 2.07. The first-order chi connectivity index (χ1) is 4.20. The van der Waals surface area contributed by atoms with Crippen molar-refractivity contribution in [1.82, 2.24) is 4.98 Å². The molecule has 6 heteroatoms. The molecule has 0 amide bonds. The summed E-state index contributed by atoms with van der Waals surface area (Å²) in [6.45, 7) is 0. The molecule has 1 rings (SSSR count). The minimum atomic E-state index is -2.44. The molecule has 0 aliphatic carbocycles. The maximum atomic E-state index is 11.7. The first-order valence-corrected chi connectivity index (χ1v) is 3.76. The maximum Gasteiger partial charge on any atom is 0.601 e. The van der Waals surface area contributed by atoms with Crippen molar-refractivity contribution in [1.29, 1.82) is 0 Å². The fraction of sp³-hybridized carbons (Fsp3) is 0. The normalized spacial score (nSPS) is 9.67. The van der Waals surface area contributed by atoms with Crippen LogP contribution >= 0.6 is 27.3 Å². The van der Waals surface area contributed by atoms with Crippen LogP contribution in [-0.4, -0.2) is 12.3 Å². The van der Waals surface area contributed by atoms with Crippen LogP contribution in [0.3, 0.4) is 0 Å². The Bertz CT molecular complexity index is 203. The Hall–Kier alpha value is 0.0349. The van der Waals surface area contributed by atoms with E-state index in [4.69, 9.17) is 0 Å². The predicted molar refractivity (Wildman–Crippen MR) is 37.4 cm³/mol. The molecule has 0 aliphatic heterocycles. The van der Waals surface area contributed by atoms with Crippen molar-refractivity contribution in [3.8, 4) is 0 Å². The molecule has 0 saturated carbocycles. The summed E-state index contributed by atoms with van der Waals surface area (Å²) in [5.74, 6) is 0. The quantitative estimate of drug-likeness (QED) is 0.643. The van der Waals surface area contributed by atoms with E-state index in [9.17, 15) is 8.63 Å². The second-order valence-corrected chi connectivity index (χ2v) is 3.01. The van der Waals surface area contributed by atoms with Crippen molar-refractivity contribution < 1.29 is 8.63 Å². The second-order valence-electron chi connectivity index (χ2n) is 1.31. The van der Waals surface area contributed by atoms with Gasteiger partial charge in [0, 0.05) is 5.38 Å². The topological polar surface area (TPSA) is 12.9 Å². The minimum absolute atomic E-state index is 0.137. The monoisotopic (exact) mass is 211 g/mol. The van der Waals surface area contributed by atoms with E-state index in [2.05, 4.69) is 20.9 Å². The van der Waals surface area contributed by atoms with Gasteiger partial charge in [0.05, 0.1) is 0 Å². The van der Waals surface area contributed by atoms with Crippen molar-refractivity contribution in [3.63, 3.8) is 0 Å². The smallest absolute Gasteiger partial charge is 0.279 e. The number of hydrogen-bond donors (Lipinski definition) is 0. The molecule has 0 saturated heterocycles. The summed E-state index contributed by atoms with van der Waals surface area (Å²) < 4.78 is 23.9. The van der Waals surface area contributed by atoms with Gasteiger partial charge in [-0.15, -0.1) is 11.3 Å².